The van der Waals surface area contributed by atoms with Gasteiger partial charge in [-0.3, -0.25) is 4.98 Å². The summed E-state index contributed by atoms with van der Waals surface area (Å²) < 4.78 is 0. The van der Waals surface area contributed by atoms with Crippen LogP contribution in [0.5, 0.6) is 0 Å². The van der Waals surface area contributed by atoms with Crippen molar-refractivity contribution < 1.29 is 4.79 Å². The van der Waals surface area contributed by atoms with Crippen LogP contribution in [0.4, 0.5) is 10.5 Å². The standard InChI is InChI=1S/C14H13Cl2N3O/c1-9(10-3-2-6-17-8-10)18-14(20)19-13-5-4-11(15)7-12(13)16/h2-9H,1H3,(H2,18,19,20). The quantitative estimate of drug-likeness (QED) is 0.889. The van der Waals surface area contributed by atoms with Gasteiger partial charge in [-0.1, -0.05) is 29.3 Å². The van der Waals surface area contributed by atoms with Crippen LogP contribution >= 0.6 is 23.2 Å². The van der Waals surface area contributed by atoms with Gasteiger partial charge in [0, 0.05) is 17.4 Å². The van der Waals surface area contributed by atoms with Gasteiger partial charge in [0.05, 0.1) is 16.8 Å². The summed E-state index contributed by atoms with van der Waals surface area (Å²) in [5, 5.41) is 6.39. The van der Waals surface area contributed by atoms with Crippen LogP contribution in [0.3, 0.4) is 0 Å². The van der Waals surface area contributed by atoms with Gasteiger partial charge in [0.1, 0.15) is 0 Å². The number of hydrogen-bond donors (Lipinski definition) is 2. The number of amides is 2. The minimum absolute atomic E-state index is 0.158. The van der Waals surface area contributed by atoms with E-state index in [1.165, 1.54) is 0 Å². The number of pyridine rings is 1. The Kier molecular flexibility index (Phi) is 4.82. The van der Waals surface area contributed by atoms with Gasteiger partial charge in [0.15, 0.2) is 0 Å². The van der Waals surface area contributed by atoms with Crippen LogP contribution in [0.15, 0.2) is 42.7 Å². The van der Waals surface area contributed by atoms with E-state index in [1.807, 2.05) is 19.1 Å². The van der Waals surface area contributed by atoms with Crippen LogP contribution in [0.1, 0.15) is 18.5 Å². The fourth-order valence-electron chi connectivity index (χ4n) is 1.66. The molecule has 1 heterocycles. The summed E-state index contributed by atoms with van der Waals surface area (Å²) in [5.74, 6) is 0. The van der Waals surface area contributed by atoms with Crippen molar-refractivity contribution in [2.45, 2.75) is 13.0 Å². The molecule has 0 aliphatic carbocycles. The van der Waals surface area contributed by atoms with Crippen LogP contribution in [-0.4, -0.2) is 11.0 Å². The SMILES string of the molecule is CC(NC(=O)Nc1ccc(Cl)cc1Cl)c1cccnc1. The molecule has 0 bridgehead atoms. The molecule has 2 rings (SSSR count). The molecule has 0 fully saturated rings. The first-order chi connectivity index (χ1) is 9.56. The van der Waals surface area contributed by atoms with Gasteiger partial charge >= 0.3 is 6.03 Å². The van der Waals surface area contributed by atoms with Crippen molar-refractivity contribution in [2.24, 2.45) is 0 Å². The van der Waals surface area contributed by atoms with E-state index < -0.39 is 0 Å². The molecule has 4 nitrogen and oxygen atoms in total. The van der Waals surface area contributed by atoms with Crippen molar-refractivity contribution in [3.63, 3.8) is 0 Å². The Morgan fingerprint density at radius 1 is 1.30 bits per heavy atom. The maximum Gasteiger partial charge on any atom is 0.319 e. The third-order valence-electron chi connectivity index (χ3n) is 2.71. The van der Waals surface area contributed by atoms with Gasteiger partial charge in [0.25, 0.3) is 0 Å². The number of urea groups is 1. The Morgan fingerprint density at radius 2 is 2.10 bits per heavy atom. The van der Waals surface area contributed by atoms with Crippen LogP contribution < -0.4 is 10.6 Å². The monoisotopic (exact) mass is 309 g/mol. The lowest BCUT2D eigenvalue weighted by atomic mass is 10.1. The van der Waals surface area contributed by atoms with Gasteiger partial charge in [-0.25, -0.2) is 4.79 Å². The molecule has 0 aliphatic heterocycles. The summed E-state index contributed by atoms with van der Waals surface area (Å²) in [6.07, 6.45) is 3.39. The van der Waals surface area contributed by atoms with Crippen molar-refractivity contribution in [2.75, 3.05) is 5.32 Å². The molecule has 2 amide bonds. The molecule has 0 aliphatic rings. The average molecular weight is 310 g/mol. The fraction of sp³-hybridized carbons (Fsp3) is 0.143. The lowest BCUT2D eigenvalue weighted by Crippen LogP contribution is -2.31. The van der Waals surface area contributed by atoms with Crippen LogP contribution in [-0.2, 0) is 0 Å². The molecule has 104 valence electrons. The van der Waals surface area contributed by atoms with Gasteiger partial charge < -0.3 is 10.6 Å². The molecule has 1 unspecified atom stereocenters. The lowest BCUT2D eigenvalue weighted by Gasteiger charge is -2.15. The van der Waals surface area contributed by atoms with E-state index in [2.05, 4.69) is 15.6 Å². The normalized spacial score (nSPS) is 11.8. The van der Waals surface area contributed by atoms with Gasteiger partial charge in [-0.15, -0.1) is 0 Å². The highest BCUT2D eigenvalue weighted by Crippen LogP contribution is 2.25. The molecule has 6 heteroatoms. The molecule has 1 atom stereocenters. The van der Waals surface area contributed by atoms with Crippen molar-refractivity contribution in [1.82, 2.24) is 10.3 Å². The number of halogens is 2. The minimum Gasteiger partial charge on any atom is -0.331 e. The summed E-state index contributed by atoms with van der Waals surface area (Å²) in [6, 6.07) is 8.10. The molecule has 1 aromatic carbocycles. The number of anilines is 1. The predicted octanol–water partition coefficient (Wildman–Crippen LogP) is 4.27. The smallest absolute Gasteiger partial charge is 0.319 e. The molecule has 20 heavy (non-hydrogen) atoms. The van der Waals surface area contributed by atoms with E-state index in [0.29, 0.717) is 15.7 Å². The van der Waals surface area contributed by atoms with Crippen LogP contribution in [0, 0.1) is 0 Å². The third-order valence-corrected chi connectivity index (χ3v) is 3.26. The first-order valence-corrected chi connectivity index (χ1v) is 6.74. The van der Waals surface area contributed by atoms with E-state index in [9.17, 15) is 4.79 Å². The van der Waals surface area contributed by atoms with E-state index in [-0.39, 0.29) is 12.1 Å². The minimum atomic E-state index is -0.342. The number of carbonyl (C=O) groups excluding carboxylic acids is 1. The second-order valence-electron chi connectivity index (χ2n) is 4.23. The highest BCUT2D eigenvalue weighted by atomic mass is 35.5. The van der Waals surface area contributed by atoms with E-state index in [4.69, 9.17) is 23.2 Å². The summed E-state index contributed by atoms with van der Waals surface area (Å²) in [5.41, 5.74) is 1.43. The second kappa shape index (κ2) is 6.59. The first kappa shape index (κ1) is 14.6. The highest BCUT2D eigenvalue weighted by Gasteiger charge is 2.11. The summed E-state index contributed by atoms with van der Waals surface area (Å²) >= 11 is 11.8. The van der Waals surface area contributed by atoms with Crippen molar-refractivity contribution in [1.29, 1.82) is 0 Å². The molecule has 0 spiro atoms. The maximum atomic E-state index is 11.9. The molecule has 0 radical (unpaired) electrons. The maximum absolute atomic E-state index is 11.9. The average Bonchev–Trinajstić information content (AvgIpc) is 2.43. The second-order valence-corrected chi connectivity index (χ2v) is 5.07. The number of aromatic nitrogens is 1. The molecular formula is C14H13Cl2N3O. The van der Waals surface area contributed by atoms with Gasteiger partial charge in [-0.2, -0.15) is 0 Å². The number of benzene rings is 1. The van der Waals surface area contributed by atoms with E-state index in [0.717, 1.165) is 5.56 Å². The van der Waals surface area contributed by atoms with E-state index in [1.54, 1.807) is 30.6 Å². The van der Waals surface area contributed by atoms with Crippen molar-refractivity contribution in [3.05, 3.63) is 58.3 Å². The summed E-state index contributed by atoms with van der Waals surface area (Å²) in [4.78, 5) is 15.9. The molecule has 0 saturated heterocycles. The van der Waals surface area contributed by atoms with Crippen molar-refractivity contribution >= 4 is 34.9 Å². The zero-order valence-corrected chi connectivity index (χ0v) is 12.2. The van der Waals surface area contributed by atoms with E-state index >= 15 is 0 Å². The molecule has 2 aromatic rings. The number of nitrogens with one attached hydrogen (secondary N) is 2. The fourth-order valence-corrected chi connectivity index (χ4v) is 2.12. The molecule has 0 saturated carbocycles. The number of rotatable bonds is 3. The summed E-state index contributed by atoms with van der Waals surface area (Å²) in [6.45, 7) is 1.88. The van der Waals surface area contributed by atoms with Crippen molar-refractivity contribution in [3.8, 4) is 0 Å². The Labute approximate surface area is 127 Å². The Bertz CT molecular complexity index is 605. The molecular weight excluding hydrogens is 297 g/mol. The first-order valence-electron chi connectivity index (χ1n) is 5.99. The zero-order valence-electron chi connectivity index (χ0n) is 10.7. The Balaban J connectivity index is 1.99. The topological polar surface area (TPSA) is 54.0 Å². The Hall–Kier alpha value is -1.78. The number of nitrogens with zero attached hydrogens (tertiary/aromatic N) is 1. The molecule has 2 N–H and O–H groups in total. The lowest BCUT2D eigenvalue weighted by molar-refractivity contribution is 0.249. The largest absolute Gasteiger partial charge is 0.331 e. The predicted molar refractivity (Wildman–Crippen MR) is 81.3 cm³/mol. The van der Waals surface area contributed by atoms with Crippen LogP contribution in [0.2, 0.25) is 10.0 Å². The third kappa shape index (κ3) is 3.85. The highest BCUT2D eigenvalue weighted by molar-refractivity contribution is 6.36. The van der Waals surface area contributed by atoms with Gasteiger partial charge in [0.2, 0.25) is 0 Å². The van der Waals surface area contributed by atoms with Gasteiger partial charge in [-0.05, 0) is 36.8 Å². The molecule has 1 aromatic heterocycles. The zero-order chi connectivity index (χ0) is 14.5. The summed E-state index contributed by atoms with van der Waals surface area (Å²) in [7, 11) is 0. The Morgan fingerprint density at radius 3 is 2.75 bits per heavy atom. The van der Waals surface area contributed by atoms with Crippen LogP contribution in [0.25, 0.3) is 0 Å². The number of hydrogen-bond acceptors (Lipinski definition) is 2. The number of carbonyl (C=O) groups is 1.